The lowest BCUT2D eigenvalue weighted by molar-refractivity contribution is -0.153. The third-order valence-electron chi connectivity index (χ3n) is 4.21. The Morgan fingerprint density at radius 3 is 2.64 bits per heavy atom. The second-order valence-corrected chi connectivity index (χ2v) is 7.41. The predicted octanol–water partition coefficient (Wildman–Crippen LogP) is 3.19. The molecular weight excluding hydrogens is 316 g/mol. The highest BCUT2D eigenvalue weighted by atomic mass is 16.6. The number of rotatable bonds is 3. The molecule has 2 aromatic rings. The van der Waals surface area contributed by atoms with Gasteiger partial charge in [0.15, 0.2) is 0 Å². The molecule has 0 fully saturated rings. The number of esters is 1. The van der Waals surface area contributed by atoms with Crippen molar-refractivity contribution in [1.82, 2.24) is 10.3 Å². The predicted molar refractivity (Wildman–Crippen MR) is 96.6 cm³/mol. The Hall–Kier alpha value is -2.43. The summed E-state index contributed by atoms with van der Waals surface area (Å²) >= 11 is 0. The Labute approximate surface area is 147 Å². The molecule has 1 aromatic heterocycles. The molecule has 1 N–H and O–H groups in total. The van der Waals surface area contributed by atoms with Gasteiger partial charge in [0.2, 0.25) is 0 Å². The molecule has 0 saturated carbocycles. The number of hydrogen-bond donors (Lipinski definition) is 1. The topological polar surface area (TPSA) is 68.3 Å². The number of nitrogens with one attached hydrogen (secondary N) is 1. The van der Waals surface area contributed by atoms with Crippen molar-refractivity contribution in [2.75, 3.05) is 6.54 Å². The van der Waals surface area contributed by atoms with Crippen LogP contribution in [0, 0.1) is 0 Å². The van der Waals surface area contributed by atoms with Crippen molar-refractivity contribution in [1.29, 1.82) is 0 Å². The number of para-hydroxylation sites is 1. The second-order valence-electron chi connectivity index (χ2n) is 7.41. The zero-order valence-electron chi connectivity index (χ0n) is 15.0. The molecule has 0 spiro atoms. The largest absolute Gasteiger partial charge is 0.459 e. The smallest absolute Gasteiger partial charge is 0.325 e. The molecule has 3 rings (SSSR count). The van der Waals surface area contributed by atoms with Crippen LogP contribution in [0.15, 0.2) is 24.3 Å². The van der Waals surface area contributed by atoms with Crippen molar-refractivity contribution in [2.45, 2.75) is 52.1 Å². The molecule has 0 unspecified atom stereocenters. The van der Waals surface area contributed by atoms with Gasteiger partial charge >= 0.3 is 5.97 Å². The number of nitrogens with zero attached hydrogens (tertiary/aromatic N) is 1. The van der Waals surface area contributed by atoms with Crippen LogP contribution in [0.2, 0.25) is 0 Å². The molecule has 0 radical (unpaired) electrons. The van der Waals surface area contributed by atoms with Crippen molar-refractivity contribution in [3.05, 3.63) is 41.1 Å². The third kappa shape index (κ3) is 3.98. The summed E-state index contributed by atoms with van der Waals surface area (Å²) in [7, 11) is 0. The zero-order chi connectivity index (χ0) is 18.0. The maximum absolute atomic E-state index is 12.9. The molecule has 0 atom stereocenters. The van der Waals surface area contributed by atoms with E-state index in [0.717, 1.165) is 47.8 Å². The summed E-state index contributed by atoms with van der Waals surface area (Å²) in [5.74, 6) is -0.671. The summed E-state index contributed by atoms with van der Waals surface area (Å²) in [6.45, 7) is 5.28. The lowest BCUT2D eigenvalue weighted by atomic mass is 9.89. The Bertz CT molecular complexity index is 822. The number of carbonyl (C=O) groups excluding carboxylic acids is 2. The van der Waals surface area contributed by atoms with Gasteiger partial charge in [0.05, 0.1) is 11.1 Å². The minimum Gasteiger partial charge on any atom is -0.459 e. The van der Waals surface area contributed by atoms with Crippen molar-refractivity contribution >= 4 is 22.8 Å². The van der Waals surface area contributed by atoms with E-state index < -0.39 is 11.6 Å². The summed E-state index contributed by atoms with van der Waals surface area (Å²) in [5.41, 5.74) is 2.94. The van der Waals surface area contributed by atoms with Crippen LogP contribution >= 0.6 is 0 Å². The second kappa shape index (κ2) is 6.82. The number of fused-ring (bicyclic) bond motifs is 2. The van der Waals surface area contributed by atoms with Crippen LogP contribution in [-0.2, 0) is 22.4 Å². The summed E-state index contributed by atoms with van der Waals surface area (Å²) in [4.78, 5) is 29.5. The Morgan fingerprint density at radius 1 is 1.16 bits per heavy atom. The highest BCUT2D eigenvalue weighted by molar-refractivity contribution is 6.08. The van der Waals surface area contributed by atoms with Gasteiger partial charge in [-0.2, -0.15) is 0 Å². The summed E-state index contributed by atoms with van der Waals surface area (Å²) in [6, 6.07) is 7.67. The molecular formula is C20H24N2O3. The number of aromatic nitrogens is 1. The van der Waals surface area contributed by atoms with E-state index in [9.17, 15) is 9.59 Å². The van der Waals surface area contributed by atoms with Crippen molar-refractivity contribution in [3.63, 3.8) is 0 Å². The zero-order valence-corrected chi connectivity index (χ0v) is 15.0. The summed E-state index contributed by atoms with van der Waals surface area (Å²) in [6.07, 6.45) is 3.89. The van der Waals surface area contributed by atoms with E-state index in [4.69, 9.17) is 9.72 Å². The van der Waals surface area contributed by atoms with Gasteiger partial charge in [-0.05, 0) is 58.1 Å². The number of hydrogen-bond acceptors (Lipinski definition) is 4. The van der Waals surface area contributed by atoms with E-state index in [0.29, 0.717) is 5.56 Å². The quantitative estimate of drug-likeness (QED) is 0.871. The molecule has 1 aromatic carbocycles. The highest BCUT2D eigenvalue weighted by Gasteiger charge is 2.23. The van der Waals surface area contributed by atoms with Crippen LogP contribution in [0.4, 0.5) is 0 Å². The van der Waals surface area contributed by atoms with Gasteiger partial charge in [-0.3, -0.25) is 14.6 Å². The molecule has 25 heavy (non-hydrogen) atoms. The van der Waals surface area contributed by atoms with Crippen molar-refractivity contribution in [3.8, 4) is 0 Å². The molecule has 132 valence electrons. The van der Waals surface area contributed by atoms with E-state index in [1.54, 1.807) is 20.8 Å². The van der Waals surface area contributed by atoms with Crippen LogP contribution in [0.5, 0.6) is 0 Å². The fraction of sp³-hybridized carbons (Fsp3) is 0.450. The molecule has 0 aliphatic heterocycles. The van der Waals surface area contributed by atoms with E-state index in [2.05, 4.69) is 5.32 Å². The minimum absolute atomic E-state index is 0.137. The molecule has 5 heteroatoms. The van der Waals surface area contributed by atoms with Crippen LogP contribution < -0.4 is 5.32 Å². The summed E-state index contributed by atoms with van der Waals surface area (Å²) < 4.78 is 5.26. The van der Waals surface area contributed by atoms with E-state index >= 15 is 0 Å². The van der Waals surface area contributed by atoms with Gasteiger partial charge in [0.1, 0.15) is 12.1 Å². The van der Waals surface area contributed by atoms with Crippen LogP contribution in [0.3, 0.4) is 0 Å². The van der Waals surface area contributed by atoms with Gasteiger partial charge in [0, 0.05) is 11.1 Å². The lowest BCUT2D eigenvalue weighted by Crippen LogP contribution is -2.35. The van der Waals surface area contributed by atoms with Gasteiger partial charge in [0.25, 0.3) is 5.91 Å². The van der Waals surface area contributed by atoms with Crippen LogP contribution in [-0.4, -0.2) is 29.0 Å². The van der Waals surface area contributed by atoms with Crippen molar-refractivity contribution in [2.24, 2.45) is 0 Å². The Morgan fingerprint density at radius 2 is 1.88 bits per heavy atom. The normalized spacial score (nSPS) is 14.0. The van der Waals surface area contributed by atoms with E-state index in [1.807, 2.05) is 24.3 Å². The third-order valence-corrected chi connectivity index (χ3v) is 4.21. The monoisotopic (exact) mass is 340 g/mol. The Kier molecular flexibility index (Phi) is 4.75. The first kappa shape index (κ1) is 17.4. The van der Waals surface area contributed by atoms with Crippen LogP contribution in [0.25, 0.3) is 10.9 Å². The van der Waals surface area contributed by atoms with Crippen molar-refractivity contribution < 1.29 is 14.3 Å². The fourth-order valence-corrected chi connectivity index (χ4v) is 3.25. The van der Waals surface area contributed by atoms with Gasteiger partial charge in [-0.15, -0.1) is 0 Å². The van der Waals surface area contributed by atoms with Gasteiger partial charge in [-0.1, -0.05) is 18.2 Å². The lowest BCUT2D eigenvalue weighted by Gasteiger charge is -2.21. The number of pyridine rings is 1. The maximum atomic E-state index is 12.9. The maximum Gasteiger partial charge on any atom is 0.325 e. The standard InChI is InChI=1S/C20H24N2O3/c1-20(2,3)25-17(23)12-21-19(24)18-13-8-4-6-10-15(13)22-16-11-7-5-9-14(16)18/h4,6,8,10H,5,7,9,11-12H2,1-3H3,(H,21,24). The number of aryl methyl sites for hydroxylation is 1. The van der Waals surface area contributed by atoms with E-state index in [-0.39, 0.29) is 12.5 Å². The average Bonchev–Trinajstić information content (AvgIpc) is 2.56. The first-order valence-electron chi connectivity index (χ1n) is 8.76. The Balaban J connectivity index is 1.89. The summed E-state index contributed by atoms with van der Waals surface area (Å²) in [5, 5.41) is 3.56. The first-order valence-corrected chi connectivity index (χ1v) is 8.76. The molecule has 0 saturated heterocycles. The molecule has 1 amide bonds. The average molecular weight is 340 g/mol. The highest BCUT2D eigenvalue weighted by Crippen LogP contribution is 2.29. The molecule has 0 bridgehead atoms. The number of amides is 1. The van der Waals surface area contributed by atoms with E-state index in [1.165, 1.54) is 0 Å². The molecule has 5 nitrogen and oxygen atoms in total. The first-order chi connectivity index (χ1) is 11.8. The fourth-order valence-electron chi connectivity index (χ4n) is 3.25. The van der Waals surface area contributed by atoms with Gasteiger partial charge < -0.3 is 10.1 Å². The molecule has 1 aliphatic carbocycles. The number of benzene rings is 1. The molecule has 1 aliphatic rings. The van der Waals surface area contributed by atoms with Gasteiger partial charge in [-0.25, -0.2) is 0 Å². The minimum atomic E-state index is -0.565. The molecule has 1 heterocycles. The number of carbonyl (C=O) groups is 2. The number of ether oxygens (including phenoxy) is 1. The van der Waals surface area contributed by atoms with Crippen LogP contribution in [0.1, 0.15) is 55.2 Å². The SMILES string of the molecule is CC(C)(C)OC(=O)CNC(=O)c1c2c(nc3ccccc13)CCCC2.